The number of fused-ring (bicyclic) bond motifs is 1. The van der Waals surface area contributed by atoms with E-state index < -0.39 is 0 Å². The summed E-state index contributed by atoms with van der Waals surface area (Å²) in [7, 11) is 1.64. The van der Waals surface area contributed by atoms with Crippen LogP contribution in [0.4, 0.5) is 0 Å². The normalized spacial score (nSPS) is 12.5. The molecule has 0 bridgehead atoms. The monoisotopic (exact) mass is 397 g/mol. The van der Waals surface area contributed by atoms with Crippen LogP contribution in [0.15, 0.2) is 9.95 Å². The molecule has 2 aromatic heterocycles. The molecule has 2 N–H and O–H groups in total. The number of thioether (sulfide) groups is 1. The molecule has 0 fully saturated rings. The minimum absolute atomic E-state index is 0.0753. The van der Waals surface area contributed by atoms with Crippen LogP contribution in [0, 0.1) is 12.8 Å². The second-order valence-corrected chi connectivity index (χ2v) is 8.56. The molecule has 6 nitrogen and oxygen atoms in total. The van der Waals surface area contributed by atoms with Gasteiger partial charge < -0.3 is 15.0 Å². The van der Waals surface area contributed by atoms with Crippen LogP contribution >= 0.6 is 23.1 Å². The summed E-state index contributed by atoms with van der Waals surface area (Å²) < 4.78 is 4.94. The quantitative estimate of drug-likeness (QED) is 0.366. The predicted octanol–water partition coefficient (Wildman–Crippen LogP) is 3.13. The highest BCUT2D eigenvalue weighted by atomic mass is 32.2. The number of nitrogens with one attached hydrogen (secondary N) is 2. The zero-order chi connectivity index (χ0) is 19.1. The number of aromatic amines is 1. The highest BCUT2D eigenvalue weighted by Gasteiger charge is 2.17. The average molecular weight is 398 g/mol. The van der Waals surface area contributed by atoms with Crippen LogP contribution < -0.4 is 10.9 Å². The van der Waals surface area contributed by atoms with E-state index in [1.165, 1.54) is 11.8 Å². The van der Waals surface area contributed by atoms with Gasteiger partial charge in [-0.3, -0.25) is 9.59 Å². The molecule has 0 aliphatic carbocycles. The lowest BCUT2D eigenvalue weighted by Gasteiger charge is -2.08. The maximum absolute atomic E-state index is 12.6. The molecule has 0 saturated carbocycles. The van der Waals surface area contributed by atoms with Crippen LogP contribution in [0.5, 0.6) is 0 Å². The van der Waals surface area contributed by atoms with E-state index in [0.29, 0.717) is 29.6 Å². The number of H-pyrrole nitrogens is 1. The van der Waals surface area contributed by atoms with Gasteiger partial charge in [-0.05, 0) is 31.2 Å². The fourth-order valence-electron chi connectivity index (χ4n) is 2.59. The van der Waals surface area contributed by atoms with Gasteiger partial charge >= 0.3 is 0 Å². The molecule has 0 aliphatic heterocycles. The van der Waals surface area contributed by atoms with Crippen molar-refractivity contribution in [3.05, 3.63) is 20.8 Å². The summed E-state index contributed by atoms with van der Waals surface area (Å²) in [6.07, 6.45) is 2.75. The molecule has 2 heterocycles. The van der Waals surface area contributed by atoms with Crippen LogP contribution in [0.3, 0.4) is 0 Å². The molecular weight excluding hydrogens is 370 g/mol. The number of aryl methyl sites for hydroxylation is 1. The van der Waals surface area contributed by atoms with E-state index in [4.69, 9.17) is 4.74 Å². The highest BCUT2D eigenvalue weighted by Crippen LogP contribution is 2.30. The molecular formula is C18H27N3O3S2. The molecule has 26 heavy (non-hydrogen) atoms. The highest BCUT2D eigenvalue weighted by molar-refractivity contribution is 7.99. The summed E-state index contributed by atoms with van der Waals surface area (Å²) in [4.78, 5) is 33.7. The van der Waals surface area contributed by atoms with Crippen LogP contribution in [-0.2, 0) is 16.0 Å². The Bertz CT molecular complexity index is 801. The van der Waals surface area contributed by atoms with Crippen LogP contribution in [-0.4, -0.2) is 41.9 Å². The minimum Gasteiger partial charge on any atom is -0.385 e. The lowest BCUT2D eigenvalue weighted by atomic mass is 9.98. The zero-order valence-corrected chi connectivity index (χ0v) is 17.4. The summed E-state index contributed by atoms with van der Waals surface area (Å²) >= 11 is 2.81. The number of nitrogens with zero attached hydrogens (tertiary/aromatic N) is 1. The van der Waals surface area contributed by atoms with Crippen molar-refractivity contribution in [2.24, 2.45) is 5.92 Å². The molecule has 0 spiro atoms. The Morgan fingerprint density at radius 1 is 1.46 bits per heavy atom. The molecule has 0 unspecified atom stereocenters. The van der Waals surface area contributed by atoms with E-state index in [0.717, 1.165) is 34.5 Å². The van der Waals surface area contributed by atoms with E-state index in [9.17, 15) is 9.59 Å². The van der Waals surface area contributed by atoms with Crippen molar-refractivity contribution >= 4 is 39.2 Å². The number of thiophene rings is 1. The van der Waals surface area contributed by atoms with Gasteiger partial charge in [0.15, 0.2) is 5.16 Å². The largest absolute Gasteiger partial charge is 0.385 e. The Kier molecular flexibility index (Phi) is 8.12. The lowest BCUT2D eigenvalue weighted by molar-refractivity contribution is -0.118. The predicted molar refractivity (Wildman–Crippen MR) is 108 cm³/mol. The first kappa shape index (κ1) is 20.9. The summed E-state index contributed by atoms with van der Waals surface area (Å²) in [5, 5.41) is 4.02. The Balaban J connectivity index is 2.07. The van der Waals surface area contributed by atoms with Gasteiger partial charge in [0, 0.05) is 25.1 Å². The minimum atomic E-state index is -0.111. The Labute approximate surface area is 162 Å². The van der Waals surface area contributed by atoms with E-state index in [-0.39, 0.29) is 17.2 Å². The second kappa shape index (κ2) is 10.1. The van der Waals surface area contributed by atoms with Gasteiger partial charge in [-0.2, -0.15) is 0 Å². The molecule has 144 valence electrons. The van der Waals surface area contributed by atoms with Crippen molar-refractivity contribution in [2.45, 2.75) is 45.2 Å². The van der Waals surface area contributed by atoms with Gasteiger partial charge in [0.2, 0.25) is 5.91 Å². The first-order valence-corrected chi connectivity index (χ1v) is 10.7. The third-order valence-electron chi connectivity index (χ3n) is 4.28. The molecule has 0 saturated heterocycles. The smallest absolute Gasteiger partial charge is 0.260 e. The fraction of sp³-hybridized carbons (Fsp3) is 0.611. The molecule has 0 aliphatic rings. The van der Waals surface area contributed by atoms with Crippen molar-refractivity contribution in [1.82, 2.24) is 15.3 Å². The maximum Gasteiger partial charge on any atom is 0.260 e. The molecule has 1 amide bonds. The topological polar surface area (TPSA) is 84.1 Å². The Hall–Kier alpha value is -1.38. The third-order valence-corrected chi connectivity index (χ3v) is 6.19. The molecule has 2 aromatic rings. The average Bonchev–Trinajstić information content (AvgIpc) is 2.92. The van der Waals surface area contributed by atoms with Gasteiger partial charge in [0.05, 0.1) is 11.1 Å². The summed E-state index contributed by atoms with van der Waals surface area (Å²) in [6.45, 7) is 7.60. The van der Waals surface area contributed by atoms with Gasteiger partial charge in [-0.15, -0.1) is 11.3 Å². The second-order valence-electron chi connectivity index (χ2n) is 6.39. The fourth-order valence-corrected chi connectivity index (χ4v) is 4.39. The van der Waals surface area contributed by atoms with Gasteiger partial charge in [-0.1, -0.05) is 32.0 Å². The zero-order valence-electron chi connectivity index (χ0n) is 15.8. The first-order valence-electron chi connectivity index (χ1n) is 8.87. The van der Waals surface area contributed by atoms with Crippen molar-refractivity contribution in [3.8, 4) is 0 Å². The number of hydrogen-bond acceptors (Lipinski definition) is 6. The number of methoxy groups -OCH3 is 1. The van der Waals surface area contributed by atoms with Crippen molar-refractivity contribution < 1.29 is 9.53 Å². The Morgan fingerprint density at radius 2 is 2.23 bits per heavy atom. The van der Waals surface area contributed by atoms with E-state index in [1.807, 2.05) is 6.92 Å². The number of ether oxygens (including phenoxy) is 1. The molecule has 0 aromatic carbocycles. The van der Waals surface area contributed by atoms with E-state index >= 15 is 0 Å². The van der Waals surface area contributed by atoms with E-state index in [1.54, 1.807) is 18.4 Å². The summed E-state index contributed by atoms with van der Waals surface area (Å²) in [5.41, 5.74) is 1.00. The van der Waals surface area contributed by atoms with Gasteiger partial charge in [0.1, 0.15) is 4.83 Å². The number of amides is 1. The maximum atomic E-state index is 12.6. The molecule has 2 rings (SSSR count). The number of hydrogen-bond donors (Lipinski definition) is 2. The SMILES string of the molecule is CC[C@@H](C)Cc1c(C)sc2nc(SCC(=O)NCCCOC)[nH]c(=O)c12. The number of aromatic nitrogens is 2. The van der Waals surface area contributed by atoms with Crippen molar-refractivity contribution in [1.29, 1.82) is 0 Å². The summed E-state index contributed by atoms with van der Waals surface area (Å²) in [5.74, 6) is 0.682. The lowest BCUT2D eigenvalue weighted by Crippen LogP contribution is -2.27. The van der Waals surface area contributed by atoms with Gasteiger partial charge in [-0.25, -0.2) is 4.98 Å². The number of rotatable bonds is 10. The molecule has 8 heteroatoms. The van der Waals surface area contributed by atoms with Crippen LogP contribution in [0.1, 0.15) is 37.1 Å². The van der Waals surface area contributed by atoms with Crippen molar-refractivity contribution in [3.63, 3.8) is 0 Å². The van der Waals surface area contributed by atoms with Gasteiger partial charge in [0.25, 0.3) is 5.56 Å². The first-order chi connectivity index (χ1) is 12.5. The van der Waals surface area contributed by atoms with Crippen LogP contribution in [0.25, 0.3) is 10.2 Å². The molecule has 1 atom stereocenters. The Morgan fingerprint density at radius 3 is 2.92 bits per heavy atom. The van der Waals surface area contributed by atoms with Crippen LogP contribution in [0.2, 0.25) is 0 Å². The molecule has 0 radical (unpaired) electrons. The third kappa shape index (κ3) is 5.56. The van der Waals surface area contributed by atoms with Crippen molar-refractivity contribution in [2.75, 3.05) is 26.0 Å². The number of carbonyl (C=O) groups excluding carboxylic acids is 1. The van der Waals surface area contributed by atoms with E-state index in [2.05, 4.69) is 29.1 Å². The summed E-state index contributed by atoms with van der Waals surface area (Å²) in [6, 6.07) is 0. The number of carbonyl (C=O) groups is 1. The standard InChI is InChI=1S/C18H27N3O3S2/c1-5-11(2)9-13-12(3)26-17-15(13)16(23)20-18(21-17)25-10-14(22)19-7-6-8-24-4/h11H,5-10H2,1-4H3,(H,19,22)(H,20,21,23)/t11-/m1/s1.